The lowest BCUT2D eigenvalue weighted by molar-refractivity contribution is -0.121. The molecule has 0 radical (unpaired) electrons. The summed E-state index contributed by atoms with van der Waals surface area (Å²) in [4.78, 5) is 12.2. The Morgan fingerprint density at radius 3 is 2.38 bits per heavy atom. The minimum Gasteiger partial charge on any atom is -0.496 e. The van der Waals surface area contributed by atoms with Crippen LogP contribution in [0, 0.1) is 0 Å². The molecule has 0 aliphatic carbocycles. The Morgan fingerprint density at radius 2 is 1.79 bits per heavy atom. The Kier molecular flexibility index (Phi) is 5.58. The summed E-state index contributed by atoms with van der Waals surface area (Å²) in [5.74, 6) is 0.514. The highest BCUT2D eigenvalue weighted by Gasteiger charge is 2.13. The molecule has 0 aliphatic heterocycles. The summed E-state index contributed by atoms with van der Waals surface area (Å²) in [6.07, 6.45) is 0.198. The normalized spacial score (nSPS) is 12.5. The number of carbonyl (C=O) groups excluding carboxylic acids is 1. The summed E-state index contributed by atoms with van der Waals surface area (Å²) in [5, 5.41) is 7.95. The van der Waals surface area contributed by atoms with Gasteiger partial charge in [0, 0.05) is 5.56 Å². The van der Waals surface area contributed by atoms with Gasteiger partial charge in [0.1, 0.15) is 5.75 Å². The summed E-state index contributed by atoms with van der Waals surface area (Å²) >= 11 is 0. The molecular formula is C17H20N2O4S. The van der Waals surface area contributed by atoms with Crippen molar-refractivity contribution in [2.24, 2.45) is 5.14 Å². The highest BCUT2D eigenvalue weighted by Crippen LogP contribution is 2.19. The monoisotopic (exact) mass is 348 g/mol. The molecule has 0 bridgehead atoms. The lowest BCUT2D eigenvalue weighted by Gasteiger charge is -2.15. The number of sulfonamides is 1. The predicted molar refractivity (Wildman–Crippen MR) is 91.1 cm³/mol. The summed E-state index contributed by atoms with van der Waals surface area (Å²) in [7, 11) is -2.16. The van der Waals surface area contributed by atoms with Crippen LogP contribution in [-0.4, -0.2) is 21.4 Å². The molecule has 1 atom stereocenters. The number of nitrogens with two attached hydrogens (primary N) is 1. The number of primary sulfonamides is 1. The molecule has 0 aromatic heterocycles. The van der Waals surface area contributed by atoms with E-state index in [1.165, 1.54) is 12.1 Å². The second-order valence-corrected chi connectivity index (χ2v) is 6.95. The molecule has 2 aromatic carbocycles. The summed E-state index contributed by atoms with van der Waals surface area (Å²) in [5.41, 5.74) is 1.59. The molecule has 7 heteroatoms. The van der Waals surface area contributed by atoms with Gasteiger partial charge in [0.15, 0.2) is 0 Å². The summed E-state index contributed by atoms with van der Waals surface area (Å²) in [6, 6.07) is 13.2. The zero-order valence-corrected chi connectivity index (χ0v) is 14.3. The van der Waals surface area contributed by atoms with Crippen LogP contribution in [0.15, 0.2) is 53.4 Å². The molecule has 0 saturated carbocycles. The molecule has 3 N–H and O–H groups in total. The van der Waals surface area contributed by atoms with E-state index in [9.17, 15) is 13.2 Å². The Hall–Kier alpha value is -2.38. The van der Waals surface area contributed by atoms with Crippen molar-refractivity contribution in [3.63, 3.8) is 0 Å². The molecule has 24 heavy (non-hydrogen) atoms. The average molecular weight is 348 g/mol. The smallest absolute Gasteiger partial charge is 0.238 e. The van der Waals surface area contributed by atoms with Crippen molar-refractivity contribution in [2.45, 2.75) is 24.3 Å². The first kappa shape index (κ1) is 18.0. The minimum atomic E-state index is -3.72. The van der Waals surface area contributed by atoms with Crippen LogP contribution in [0.3, 0.4) is 0 Å². The van der Waals surface area contributed by atoms with Gasteiger partial charge >= 0.3 is 0 Å². The molecular weight excluding hydrogens is 328 g/mol. The van der Waals surface area contributed by atoms with Gasteiger partial charge in [-0.05, 0) is 30.7 Å². The van der Waals surface area contributed by atoms with Crippen LogP contribution in [0.25, 0.3) is 0 Å². The van der Waals surface area contributed by atoms with E-state index >= 15 is 0 Å². The predicted octanol–water partition coefficient (Wildman–Crippen LogP) is 1.76. The fourth-order valence-electron chi connectivity index (χ4n) is 2.34. The number of carbonyl (C=O) groups is 1. The summed E-state index contributed by atoms with van der Waals surface area (Å²) < 4.78 is 27.7. The third-order valence-electron chi connectivity index (χ3n) is 3.63. The Bertz CT molecular complexity index is 817. The highest BCUT2D eigenvalue weighted by atomic mass is 32.2. The largest absolute Gasteiger partial charge is 0.496 e. The van der Waals surface area contributed by atoms with Gasteiger partial charge in [0.05, 0.1) is 24.5 Å². The van der Waals surface area contributed by atoms with E-state index in [-0.39, 0.29) is 23.3 Å². The number of benzene rings is 2. The number of para-hydroxylation sites is 1. The lowest BCUT2D eigenvalue weighted by atomic mass is 10.1. The van der Waals surface area contributed by atoms with Crippen LogP contribution in [-0.2, 0) is 21.2 Å². The van der Waals surface area contributed by atoms with Crippen molar-refractivity contribution in [1.82, 2.24) is 5.32 Å². The molecule has 0 unspecified atom stereocenters. The van der Waals surface area contributed by atoms with Crippen LogP contribution < -0.4 is 15.2 Å². The van der Waals surface area contributed by atoms with Gasteiger partial charge in [-0.1, -0.05) is 30.3 Å². The number of hydrogen-bond donors (Lipinski definition) is 2. The van der Waals surface area contributed by atoms with Crippen molar-refractivity contribution in [3.8, 4) is 5.75 Å². The number of nitrogens with one attached hydrogen (secondary N) is 1. The average Bonchev–Trinajstić information content (AvgIpc) is 2.54. The number of amides is 1. The van der Waals surface area contributed by atoms with E-state index < -0.39 is 10.0 Å². The van der Waals surface area contributed by atoms with E-state index in [2.05, 4.69) is 5.32 Å². The number of rotatable bonds is 6. The van der Waals surface area contributed by atoms with Gasteiger partial charge in [-0.2, -0.15) is 0 Å². The molecule has 0 aliphatic rings. The Morgan fingerprint density at radius 1 is 1.17 bits per heavy atom. The van der Waals surface area contributed by atoms with Gasteiger partial charge < -0.3 is 10.1 Å². The van der Waals surface area contributed by atoms with Crippen LogP contribution in [0.5, 0.6) is 5.75 Å². The molecule has 0 fully saturated rings. The first-order valence-electron chi connectivity index (χ1n) is 7.35. The first-order valence-corrected chi connectivity index (χ1v) is 8.90. The van der Waals surface area contributed by atoms with Gasteiger partial charge in [-0.15, -0.1) is 0 Å². The third-order valence-corrected chi connectivity index (χ3v) is 4.56. The van der Waals surface area contributed by atoms with Gasteiger partial charge in [-0.25, -0.2) is 13.6 Å². The van der Waals surface area contributed by atoms with Crippen molar-refractivity contribution in [1.29, 1.82) is 0 Å². The van der Waals surface area contributed by atoms with E-state index in [0.717, 1.165) is 11.1 Å². The molecule has 2 aromatic rings. The highest BCUT2D eigenvalue weighted by molar-refractivity contribution is 7.89. The van der Waals surface area contributed by atoms with Gasteiger partial charge in [-0.3, -0.25) is 4.79 Å². The van der Waals surface area contributed by atoms with E-state index in [1.807, 2.05) is 25.1 Å². The fourth-order valence-corrected chi connectivity index (χ4v) is 2.86. The second kappa shape index (κ2) is 7.46. The Balaban J connectivity index is 2.03. The third kappa shape index (κ3) is 4.56. The lowest BCUT2D eigenvalue weighted by Crippen LogP contribution is -2.28. The van der Waals surface area contributed by atoms with Crippen LogP contribution >= 0.6 is 0 Å². The molecule has 1 amide bonds. The molecule has 2 rings (SSSR count). The zero-order valence-electron chi connectivity index (χ0n) is 13.5. The quantitative estimate of drug-likeness (QED) is 0.831. The van der Waals surface area contributed by atoms with E-state index in [4.69, 9.17) is 9.88 Å². The topological polar surface area (TPSA) is 98.5 Å². The SMILES string of the molecule is COc1ccccc1CC(=O)N[C@H](C)c1ccc(S(N)(=O)=O)cc1. The van der Waals surface area contributed by atoms with Crippen LogP contribution in [0.4, 0.5) is 0 Å². The maximum atomic E-state index is 12.2. The molecule has 128 valence electrons. The molecule has 6 nitrogen and oxygen atoms in total. The fraction of sp³-hybridized carbons (Fsp3) is 0.235. The molecule has 0 heterocycles. The minimum absolute atomic E-state index is 0.0406. The molecule has 0 spiro atoms. The van der Waals surface area contributed by atoms with Crippen LogP contribution in [0.2, 0.25) is 0 Å². The summed E-state index contributed by atoms with van der Waals surface area (Å²) in [6.45, 7) is 1.83. The zero-order chi connectivity index (χ0) is 17.7. The number of methoxy groups -OCH3 is 1. The van der Waals surface area contributed by atoms with E-state index in [1.54, 1.807) is 25.3 Å². The second-order valence-electron chi connectivity index (χ2n) is 5.39. The van der Waals surface area contributed by atoms with Crippen LogP contribution in [0.1, 0.15) is 24.1 Å². The van der Waals surface area contributed by atoms with Crippen molar-refractivity contribution in [3.05, 3.63) is 59.7 Å². The maximum Gasteiger partial charge on any atom is 0.238 e. The standard InChI is InChI=1S/C17H20N2O4S/c1-12(13-7-9-15(10-8-13)24(18,21)22)19-17(20)11-14-5-3-4-6-16(14)23-2/h3-10,12H,11H2,1-2H3,(H,19,20)(H2,18,21,22)/t12-/m1/s1. The number of hydrogen-bond acceptors (Lipinski definition) is 4. The first-order chi connectivity index (χ1) is 11.3. The Labute approximate surface area is 141 Å². The van der Waals surface area contributed by atoms with Gasteiger partial charge in [0.2, 0.25) is 15.9 Å². The number of ether oxygens (including phenoxy) is 1. The van der Waals surface area contributed by atoms with Crippen molar-refractivity contribution in [2.75, 3.05) is 7.11 Å². The van der Waals surface area contributed by atoms with Crippen molar-refractivity contribution >= 4 is 15.9 Å². The van der Waals surface area contributed by atoms with Crippen molar-refractivity contribution < 1.29 is 17.9 Å². The van der Waals surface area contributed by atoms with E-state index in [0.29, 0.717) is 5.75 Å². The van der Waals surface area contributed by atoms with Gasteiger partial charge in [0.25, 0.3) is 0 Å². The maximum absolute atomic E-state index is 12.2. The molecule has 0 saturated heterocycles.